The van der Waals surface area contributed by atoms with Gasteiger partial charge in [0.1, 0.15) is 10.8 Å². The molecule has 0 atom stereocenters. The lowest BCUT2D eigenvalue weighted by Gasteiger charge is -2.09. The van der Waals surface area contributed by atoms with Crippen molar-refractivity contribution >= 4 is 17.3 Å². The second-order valence-electron chi connectivity index (χ2n) is 3.74. The lowest BCUT2D eigenvalue weighted by atomic mass is 10.4. The monoisotopic (exact) mass is 264 g/mol. The number of thiazole rings is 1. The van der Waals surface area contributed by atoms with E-state index in [1.807, 2.05) is 24.4 Å². The van der Waals surface area contributed by atoms with E-state index in [0.29, 0.717) is 13.1 Å². The predicted octanol–water partition coefficient (Wildman–Crippen LogP) is 1.91. The van der Waals surface area contributed by atoms with Crippen LogP contribution < -0.4 is 10.6 Å². The molecule has 0 aliphatic carbocycles. The third-order valence-electron chi connectivity index (χ3n) is 2.31. The molecule has 2 rings (SSSR count). The topological polar surface area (TPSA) is 62.5 Å². The SMILES string of the molecule is CN=C(NCc1ccco1)NCc1nc(C)cs1. The van der Waals surface area contributed by atoms with Gasteiger partial charge in [0.15, 0.2) is 5.96 Å². The molecule has 0 saturated carbocycles. The van der Waals surface area contributed by atoms with Crippen molar-refractivity contribution in [3.8, 4) is 0 Å². The Labute approximate surface area is 110 Å². The van der Waals surface area contributed by atoms with Gasteiger partial charge in [0.2, 0.25) is 0 Å². The summed E-state index contributed by atoms with van der Waals surface area (Å²) < 4.78 is 5.24. The minimum absolute atomic E-state index is 0.615. The zero-order valence-corrected chi connectivity index (χ0v) is 11.3. The van der Waals surface area contributed by atoms with Crippen molar-refractivity contribution in [3.63, 3.8) is 0 Å². The van der Waals surface area contributed by atoms with Gasteiger partial charge in [-0.3, -0.25) is 4.99 Å². The molecule has 2 heterocycles. The first-order chi connectivity index (χ1) is 8.78. The van der Waals surface area contributed by atoms with Gasteiger partial charge in [-0.15, -0.1) is 11.3 Å². The van der Waals surface area contributed by atoms with Crippen LogP contribution in [-0.2, 0) is 13.1 Å². The van der Waals surface area contributed by atoms with Crippen LogP contribution in [0.25, 0.3) is 0 Å². The van der Waals surface area contributed by atoms with Crippen molar-refractivity contribution in [1.29, 1.82) is 0 Å². The van der Waals surface area contributed by atoms with Crippen molar-refractivity contribution in [1.82, 2.24) is 15.6 Å². The fourth-order valence-electron chi connectivity index (χ4n) is 1.45. The van der Waals surface area contributed by atoms with Gasteiger partial charge in [-0.25, -0.2) is 4.98 Å². The van der Waals surface area contributed by atoms with Crippen molar-refractivity contribution < 1.29 is 4.42 Å². The van der Waals surface area contributed by atoms with Gasteiger partial charge in [0.05, 0.1) is 19.4 Å². The van der Waals surface area contributed by atoms with Crippen molar-refractivity contribution in [2.24, 2.45) is 4.99 Å². The summed E-state index contributed by atoms with van der Waals surface area (Å²) in [5, 5.41) is 9.46. The summed E-state index contributed by atoms with van der Waals surface area (Å²) in [5.41, 5.74) is 1.05. The van der Waals surface area contributed by atoms with Gasteiger partial charge < -0.3 is 15.1 Å². The Bertz CT molecular complexity index is 504. The highest BCUT2D eigenvalue weighted by Crippen LogP contribution is 2.07. The minimum Gasteiger partial charge on any atom is -0.467 e. The first-order valence-corrected chi connectivity index (χ1v) is 6.54. The van der Waals surface area contributed by atoms with Crippen LogP contribution >= 0.6 is 11.3 Å². The summed E-state index contributed by atoms with van der Waals surface area (Å²) in [4.78, 5) is 8.52. The van der Waals surface area contributed by atoms with Crippen molar-refractivity contribution in [3.05, 3.63) is 40.2 Å². The number of aryl methyl sites for hydroxylation is 1. The number of nitrogens with zero attached hydrogens (tertiary/aromatic N) is 2. The third-order valence-corrected chi connectivity index (χ3v) is 3.27. The standard InChI is InChI=1S/C12H16N4OS/c1-9-8-18-11(16-9)7-15-12(13-2)14-6-10-4-3-5-17-10/h3-5,8H,6-7H2,1-2H3,(H2,13,14,15). The summed E-state index contributed by atoms with van der Waals surface area (Å²) >= 11 is 1.64. The molecule has 0 aliphatic rings. The van der Waals surface area contributed by atoms with E-state index in [2.05, 4.69) is 20.6 Å². The number of guanidine groups is 1. The maximum Gasteiger partial charge on any atom is 0.191 e. The van der Waals surface area contributed by atoms with Gasteiger partial charge in [-0.2, -0.15) is 0 Å². The Hall–Kier alpha value is -1.82. The number of hydrogen-bond acceptors (Lipinski definition) is 4. The Morgan fingerprint density at radius 2 is 2.28 bits per heavy atom. The zero-order chi connectivity index (χ0) is 12.8. The highest BCUT2D eigenvalue weighted by Gasteiger charge is 2.02. The van der Waals surface area contributed by atoms with E-state index >= 15 is 0 Å². The Balaban J connectivity index is 1.79. The fraction of sp³-hybridized carbons (Fsp3) is 0.333. The molecule has 2 aromatic rings. The second kappa shape index (κ2) is 6.20. The molecule has 18 heavy (non-hydrogen) atoms. The number of hydrogen-bond donors (Lipinski definition) is 2. The van der Waals surface area contributed by atoms with Crippen LogP contribution in [0.5, 0.6) is 0 Å². The molecule has 2 N–H and O–H groups in total. The summed E-state index contributed by atoms with van der Waals surface area (Å²) in [6.07, 6.45) is 1.66. The van der Waals surface area contributed by atoms with Gasteiger partial charge in [-0.05, 0) is 19.1 Å². The fourth-order valence-corrected chi connectivity index (χ4v) is 2.16. The Morgan fingerprint density at radius 3 is 2.89 bits per heavy atom. The average Bonchev–Trinajstić information content (AvgIpc) is 3.01. The summed E-state index contributed by atoms with van der Waals surface area (Å²) in [7, 11) is 1.74. The molecular weight excluding hydrogens is 248 g/mol. The maximum absolute atomic E-state index is 5.24. The van der Waals surface area contributed by atoms with E-state index in [1.54, 1.807) is 24.6 Å². The molecule has 0 fully saturated rings. The van der Waals surface area contributed by atoms with E-state index in [4.69, 9.17) is 4.42 Å². The quantitative estimate of drug-likeness (QED) is 0.654. The Morgan fingerprint density at radius 1 is 1.44 bits per heavy atom. The predicted molar refractivity (Wildman–Crippen MR) is 72.6 cm³/mol. The maximum atomic E-state index is 5.24. The molecule has 96 valence electrons. The minimum atomic E-state index is 0.615. The normalized spacial score (nSPS) is 11.6. The summed E-state index contributed by atoms with van der Waals surface area (Å²) in [6.45, 7) is 3.28. The van der Waals surface area contributed by atoms with Gasteiger partial charge in [0.25, 0.3) is 0 Å². The second-order valence-corrected chi connectivity index (χ2v) is 4.68. The van der Waals surface area contributed by atoms with E-state index < -0.39 is 0 Å². The molecule has 0 bridgehead atoms. The van der Waals surface area contributed by atoms with Gasteiger partial charge in [0, 0.05) is 18.1 Å². The molecule has 5 nitrogen and oxygen atoms in total. The lowest BCUT2D eigenvalue weighted by Crippen LogP contribution is -2.36. The largest absolute Gasteiger partial charge is 0.467 e. The number of furan rings is 1. The summed E-state index contributed by atoms with van der Waals surface area (Å²) in [6, 6.07) is 3.79. The highest BCUT2D eigenvalue weighted by molar-refractivity contribution is 7.09. The number of rotatable bonds is 4. The molecule has 0 spiro atoms. The van der Waals surface area contributed by atoms with Crippen LogP contribution in [0, 0.1) is 6.92 Å². The van der Waals surface area contributed by atoms with Crippen LogP contribution in [0.1, 0.15) is 16.5 Å². The average molecular weight is 264 g/mol. The van der Waals surface area contributed by atoms with Crippen LogP contribution in [0.4, 0.5) is 0 Å². The van der Waals surface area contributed by atoms with E-state index in [9.17, 15) is 0 Å². The molecule has 0 unspecified atom stereocenters. The third kappa shape index (κ3) is 3.59. The summed E-state index contributed by atoms with van der Waals surface area (Å²) in [5.74, 6) is 1.61. The number of aliphatic imine (C=N–C) groups is 1. The van der Waals surface area contributed by atoms with Crippen LogP contribution in [0.2, 0.25) is 0 Å². The van der Waals surface area contributed by atoms with Crippen LogP contribution in [0.3, 0.4) is 0 Å². The van der Waals surface area contributed by atoms with Crippen molar-refractivity contribution in [2.75, 3.05) is 7.05 Å². The van der Waals surface area contributed by atoms with E-state index in [0.717, 1.165) is 22.4 Å². The molecular formula is C12H16N4OS. The van der Waals surface area contributed by atoms with Crippen LogP contribution in [0.15, 0.2) is 33.2 Å². The van der Waals surface area contributed by atoms with Crippen molar-refractivity contribution in [2.45, 2.75) is 20.0 Å². The first kappa shape index (κ1) is 12.6. The van der Waals surface area contributed by atoms with E-state index in [1.165, 1.54) is 0 Å². The molecule has 0 saturated heterocycles. The van der Waals surface area contributed by atoms with Gasteiger partial charge in [-0.1, -0.05) is 0 Å². The Kier molecular flexibility index (Phi) is 4.35. The first-order valence-electron chi connectivity index (χ1n) is 5.66. The molecule has 0 amide bonds. The smallest absolute Gasteiger partial charge is 0.191 e. The molecule has 0 aromatic carbocycles. The van der Waals surface area contributed by atoms with Crippen LogP contribution in [-0.4, -0.2) is 18.0 Å². The highest BCUT2D eigenvalue weighted by atomic mass is 32.1. The number of aromatic nitrogens is 1. The molecule has 0 aliphatic heterocycles. The van der Waals surface area contributed by atoms with E-state index in [-0.39, 0.29) is 0 Å². The molecule has 2 aromatic heterocycles. The molecule has 6 heteroatoms. The zero-order valence-electron chi connectivity index (χ0n) is 10.4. The number of nitrogens with one attached hydrogen (secondary N) is 2. The van der Waals surface area contributed by atoms with Gasteiger partial charge >= 0.3 is 0 Å². The molecule has 0 radical (unpaired) electrons. The lowest BCUT2D eigenvalue weighted by molar-refractivity contribution is 0.501.